The molecule has 13 heavy (non-hydrogen) atoms. The lowest BCUT2D eigenvalue weighted by atomic mass is 9.99. The molecule has 1 heterocycles. The van der Waals surface area contributed by atoms with E-state index in [1.54, 1.807) is 0 Å². The molecule has 0 aliphatic carbocycles. The zero-order chi connectivity index (χ0) is 9.42. The summed E-state index contributed by atoms with van der Waals surface area (Å²) in [6.07, 6.45) is 0.843. The fourth-order valence-corrected chi connectivity index (χ4v) is 1.94. The number of nitrogens with two attached hydrogens (primary N) is 1. The quantitative estimate of drug-likeness (QED) is 0.694. The third-order valence-electron chi connectivity index (χ3n) is 2.39. The van der Waals surface area contributed by atoms with Crippen molar-refractivity contribution in [2.75, 3.05) is 6.61 Å². The van der Waals surface area contributed by atoms with Gasteiger partial charge in [0.25, 0.3) is 0 Å². The highest BCUT2D eigenvalue weighted by Crippen LogP contribution is 2.38. The van der Waals surface area contributed by atoms with Crippen LogP contribution < -0.4 is 10.5 Å². The molecule has 2 nitrogen and oxygen atoms in total. The Morgan fingerprint density at radius 2 is 2.31 bits per heavy atom. The first-order valence-corrected chi connectivity index (χ1v) is 4.75. The van der Waals surface area contributed by atoms with Crippen LogP contribution in [0.15, 0.2) is 12.1 Å². The van der Waals surface area contributed by atoms with Gasteiger partial charge in [-0.1, -0.05) is 17.7 Å². The molecule has 0 radical (unpaired) electrons. The van der Waals surface area contributed by atoms with E-state index in [2.05, 4.69) is 0 Å². The number of aryl methyl sites for hydroxylation is 1. The van der Waals surface area contributed by atoms with Crippen LogP contribution in [0.2, 0.25) is 5.02 Å². The van der Waals surface area contributed by atoms with Gasteiger partial charge >= 0.3 is 0 Å². The maximum absolute atomic E-state index is 6.05. The first-order chi connectivity index (χ1) is 6.20. The minimum Gasteiger partial charge on any atom is -0.493 e. The molecule has 1 aliphatic heterocycles. The van der Waals surface area contributed by atoms with Gasteiger partial charge < -0.3 is 10.5 Å². The number of fused-ring (bicyclic) bond motifs is 1. The standard InChI is InChI=1S/C10H12ClNO/c1-6-2-3-7(11)9-8(12)4-5-13-10(6)9/h2-3,8H,4-5,12H2,1H3. The molecule has 1 atom stereocenters. The Morgan fingerprint density at radius 3 is 3.00 bits per heavy atom. The van der Waals surface area contributed by atoms with Crippen molar-refractivity contribution in [3.8, 4) is 5.75 Å². The minimum absolute atomic E-state index is 0.0242. The molecular formula is C10H12ClNO. The number of ether oxygens (including phenoxy) is 1. The van der Waals surface area contributed by atoms with Crippen LogP contribution in [0.3, 0.4) is 0 Å². The molecule has 70 valence electrons. The van der Waals surface area contributed by atoms with Crippen molar-refractivity contribution < 1.29 is 4.74 Å². The summed E-state index contributed by atoms with van der Waals surface area (Å²) in [5.41, 5.74) is 8.02. The minimum atomic E-state index is 0.0242. The van der Waals surface area contributed by atoms with Crippen molar-refractivity contribution in [1.29, 1.82) is 0 Å². The summed E-state index contributed by atoms with van der Waals surface area (Å²) in [4.78, 5) is 0. The molecule has 0 fully saturated rings. The van der Waals surface area contributed by atoms with Gasteiger partial charge in [-0.15, -0.1) is 0 Å². The lowest BCUT2D eigenvalue weighted by Gasteiger charge is -2.25. The first-order valence-electron chi connectivity index (χ1n) is 4.37. The molecule has 0 saturated carbocycles. The van der Waals surface area contributed by atoms with E-state index in [0.29, 0.717) is 11.6 Å². The van der Waals surface area contributed by atoms with E-state index >= 15 is 0 Å². The Kier molecular flexibility index (Phi) is 2.18. The highest BCUT2D eigenvalue weighted by Gasteiger charge is 2.22. The summed E-state index contributed by atoms with van der Waals surface area (Å²) < 4.78 is 5.54. The third kappa shape index (κ3) is 1.40. The summed E-state index contributed by atoms with van der Waals surface area (Å²) in [5.74, 6) is 0.881. The lowest BCUT2D eigenvalue weighted by molar-refractivity contribution is 0.267. The Bertz CT molecular complexity index is 338. The number of rotatable bonds is 0. The van der Waals surface area contributed by atoms with Gasteiger partial charge in [0.1, 0.15) is 5.75 Å². The van der Waals surface area contributed by atoms with Crippen LogP contribution in [-0.4, -0.2) is 6.61 Å². The van der Waals surface area contributed by atoms with Gasteiger partial charge in [0.15, 0.2) is 0 Å². The van der Waals surface area contributed by atoms with Gasteiger partial charge in [-0.2, -0.15) is 0 Å². The fraction of sp³-hybridized carbons (Fsp3) is 0.400. The van der Waals surface area contributed by atoms with E-state index in [1.807, 2.05) is 19.1 Å². The van der Waals surface area contributed by atoms with Gasteiger partial charge in [-0.3, -0.25) is 0 Å². The summed E-state index contributed by atoms with van der Waals surface area (Å²) in [5, 5.41) is 0.716. The van der Waals surface area contributed by atoms with Crippen molar-refractivity contribution in [3.63, 3.8) is 0 Å². The molecule has 0 aromatic heterocycles. The van der Waals surface area contributed by atoms with E-state index < -0.39 is 0 Å². The van der Waals surface area contributed by atoms with Crippen LogP contribution in [0.1, 0.15) is 23.6 Å². The smallest absolute Gasteiger partial charge is 0.128 e. The molecule has 1 aromatic carbocycles. The molecule has 0 amide bonds. The van der Waals surface area contributed by atoms with Crippen molar-refractivity contribution in [3.05, 3.63) is 28.3 Å². The molecule has 1 unspecified atom stereocenters. The largest absolute Gasteiger partial charge is 0.493 e. The zero-order valence-electron chi connectivity index (χ0n) is 7.51. The molecular weight excluding hydrogens is 186 g/mol. The normalized spacial score (nSPS) is 20.7. The maximum atomic E-state index is 6.05. The second-order valence-electron chi connectivity index (χ2n) is 3.35. The van der Waals surface area contributed by atoms with Crippen molar-refractivity contribution >= 4 is 11.6 Å². The fourth-order valence-electron chi connectivity index (χ4n) is 1.65. The van der Waals surface area contributed by atoms with E-state index in [4.69, 9.17) is 22.1 Å². The Balaban J connectivity index is 2.60. The van der Waals surface area contributed by atoms with Crippen LogP contribution in [0.5, 0.6) is 5.75 Å². The van der Waals surface area contributed by atoms with E-state index in [9.17, 15) is 0 Å². The average molecular weight is 198 g/mol. The van der Waals surface area contributed by atoms with Gasteiger partial charge in [0.05, 0.1) is 6.61 Å². The SMILES string of the molecule is Cc1ccc(Cl)c2c1OCCC2N. The van der Waals surface area contributed by atoms with Crippen molar-refractivity contribution in [2.24, 2.45) is 5.73 Å². The van der Waals surface area contributed by atoms with Crippen LogP contribution in [0.4, 0.5) is 0 Å². The monoisotopic (exact) mass is 197 g/mol. The molecule has 1 aromatic rings. The average Bonchev–Trinajstić information content (AvgIpc) is 2.12. The molecule has 2 N–H and O–H groups in total. The van der Waals surface area contributed by atoms with Gasteiger partial charge in [-0.05, 0) is 18.6 Å². The lowest BCUT2D eigenvalue weighted by Crippen LogP contribution is -2.21. The number of hydrogen-bond acceptors (Lipinski definition) is 2. The number of benzene rings is 1. The van der Waals surface area contributed by atoms with Gasteiger partial charge in [-0.25, -0.2) is 0 Å². The Labute approximate surface area is 82.6 Å². The molecule has 3 heteroatoms. The number of halogens is 1. The maximum Gasteiger partial charge on any atom is 0.128 e. The highest BCUT2D eigenvalue weighted by atomic mass is 35.5. The predicted octanol–water partition coefficient (Wildman–Crippen LogP) is 2.43. The van der Waals surface area contributed by atoms with Crippen LogP contribution in [-0.2, 0) is 0 Å². The van der Waals surface area contributed by atoms with E-state index in [1.165, 1.54) is 0 Å². The second-order valence-corrected chi connectivity index (χ2v) is 3.76. The molecule has 1 aliphatic rings. The zero-order valence-corrected chi connectivity index (χ0v) is 8.27. The van der Waals surface area contributed by atoms with Crippen molar-refractivity contribution in [1.82, 2.24) is 0 Å². The Hall–Kier alpha value is -0.730. The molecule has 2 rings (SSSR count). The van der Waals surface area contributed by atoms with Crippen molar-refractivity contribution in [2.45, 2.75) is 19.4 Å². The van der Waals surface area contributed by atoms with Crippen LogP contribution >= 0.6 is 11.6 Å². The molecule has 0 bridgehead atoms. The molecule has 0 spiro atoms. The summed E-state index contributed by atoms with van der Waals surface area (Å²) >= 11 is 6.05. The third-order valence-corrected chi connectivity index (χ3v) is 2.72. The molecule has 0 saturated heterocycles. The van der Waals surface area contributed by atoms with Gasteiger partial charge in [0.2, 0.25) is 0 Å². The predicted molar refractivity (Wildman–Crippen MR) is 53.2 cm³/mol. The topological polar surface area (TPSA) is 35.2 Å². The van der Waals surface area contributed by atoms with Crippen LogP contribution in [0, 0.1) is 6.92 Å². The first kappa shape index (κ1) is 8.85. The van der Waals surface area contributed by atoms with E-state index in [-0.39, 0.29) is 6.04 Å². The van der Waals surface area contributed by atoms with E-state index in [0.717, 1.165) is 23.3 Å². The highest BCUT2D eigenvalue weighted by molar-refractivity contribution is 6.31. The summed E-state index contributed by atoms with van der Waals surface area (Å²) in [6.45, 7) is 2.70. The van der Waals surface area contributed by atoms with Crippen LogP contribution in [0.25, 0.3) is 0 Å². The Morgan fingerprint density at radius 1 is 1.54 bits per heavy atom. The summed E-state index contributed by atoms with van der Waals surface area (Å²) in [7, 11) is 0. The second kappa shape index (κ2) is 3.20. The summed E-state index contributed by atoms with van der Waals surface area (Å²) in [6, 6.07) is 3.86. The van der Waals surface area contributed by atoms with Gasteiger partial charge in [0, 0.05) is 23.0 Å². The number of hydrogen-bond donors (Lipinski definition) is 1.